The van der Waals surface area contributed by atoms with E-state index in [1.54, 1.807) is 0 Å². The quantitative estimate of drug-likeness (QED) is 0.837. The van der Waals surface area contributed by atoms with Gasteiger partial charge in [0.1, 0.15) is 15.7 Å². The number of amides is 2. The lowest BCUT2D eigenvalue weighted by molar-refractivity contribution is 0.0605. The Hall–Kier alpha value is -2.74. The van der Waals surface area contributed by atoms with Gasteiger partial charge in [0.25, 0.3) is 11.8 Å². The van der Waals surface area contributed by atoms with Crippen LogP contribution in [-0.4, -0.2) is 24.9 Å². The third kappa shape index (κ3) is 3.37. The number of carbonyl (C=O) groups excluding carboxylic acids is 3. The molecule has 0 saturated heterocycles. The molecule has 0 aliphatic heterocycles. The molecule has 0 fully saturated rings. The largest absolute Gasteiger partial charge is 0.465 e. The van der Waals surface area contributed by atoms with Crippen molar-refractivity contribution in [3.05, 3.63) is 51.7 Å². The molecule has 1 aromatic carbocycles. The smallest absolute Gasteiger partial charge is 0.348 e. The predicted octanol–water partition coefficient (Wildman–Crippen LogP) is 2.33. The minimum absolute atomic E-state index is 0.0471. The summed E-state index contributed by atoms with van der Waals surface area (Å²) < 4.78 is 17.5. The second kappa shape index (κ2) is 6.57. The zero-order valence-electron chi connectivity index (χ0n) is 12.3. The van der Waals surface area contributed by atoms with Crippen LogP contribution in [0.3, 0.4) is 0 Å². The van der Waals surface area contributed by atoms with E-state index in [1.165, 1.54) is 26.2 Å². The third-order valence-corrected chi connectivity index (χ3v) is 4.28. The lowest BCUT2D eigenvalue weighted by Crippen LogP contribution is -2.17. The maximum atomic E-state index is 12.9. The summed E-state index contributed by atoms with van der Waals surface area (Å²) in [6.45, 7) is 1.54. The maximum absolute atomic E-state index is 12.9. The molecule has 0 unspecified atom stereocenters. The van der Waals surface area contributed by atoms with Gasteiger partial charge in [0.05, 0.1) is 12.7 Å². The molecule has 2 aromatic rings. The lowest BCUT2D eigenvalue weighted by Gasteiger charge is -2.05. The zero-order chi connectivity index (χ0) is 17.1. The lowest BCUT2D eigenvalue weighted by atomic mass is 10.1. The van der Waals surface area contributed by atoms with Gasteiger partial charge in [-0.3, -0.25) is 9.59 Å². The summed E-state index contributed by atoms with van der Waals surface area (Å²) in [7, 11) is 1.21. The molecule has 2 rings (SSSR count). The van der Waals surface area contributed by atoms with Crippen molar-refractivity contribution in [3.8, 4) is 0 Å². The summed E-state index contributed by atoms with van der Waals surface area (Å²) in [6.07, 6.45) is 0. The molecule has 8 heteroatoms. The molecule has 1 heterocycles. The van der Waals surface area contributed by atoms with Crippen LogP contribution in [0.5, 0.6) is 0 Å². The van der Waals surface area contributed by atoms with E-state index < -0.39 is 23.6 Å². The average molecular weight is 336 g/mol. The summed E-state index contributed by atoms with van der Waals surface area (Å²) in [4.78, 5) is 35.6. The topological polar surface area (TPSA) is 98.5 Å². The Kier molecular flexibility index (Phi) is 4.75. The van der Waals surface area contributed by atoms with Gasteiger partial charge in [-0.2, -0.15) is 0 Å². The van der Waals surface area contributed by atoms with Crippen LogP contribution < -0.4 is 11.1 Å². The van der Waals surface area contributed by atoms with E-state index in [1.807, 2.05) is 0 Å². The van der Waals surface area contributed by atoms with Crippen LogP contribution in [0, 0.1) is 12.7 Å². The van der Waals surface area contributed by atoms with Crippen molar-refractivity contribution in [3.63, 3.8) is 0 Å². The molecule has 0 aliphatic carbocycles. The predicted molar refractivity (Wildman–Crippen MR) is 83.3 cm³/mol. The van der Waals surface area contributed by atoms with Gasteiger partial charge >= 0.3 is 5.97 Å². The Morgan fingerprint density at radius 1 is 1.22 bits per heavy atom. The molecule has 0 saturated carbocycles. The summed E-state index contributed by atoms with van der Waals surface area (Å²) in [6, 6.07) is 4.89. The van der Waals surface area contributed by atoms with Crippen molar-refractivity contribution in [1.29, 1.82) is 0 Å². The first-order valence-corrected chi connectivity index (χ1v) is 7.25. The first-order chi connectivity index (χ1) is 10.8. The van der Waals surface area contributed by atoms with Crippen molar-refractivity contribution in [2.75, 3.05) is 12.4 Å². The molecule has 0 bridgehead atoms. The number of halogens is 1. The van der Waals surface area contributed by atoms with Gasteiger partial charge < -0.3 is 15.8 Å². The van der Waals surface area contributed by atoms with Gasteiger partial charge in [-0.05, 0) is 36.8 Å². The molecular formula is C15H13FN2O4S. The fourth-order valence-corrected chi connectivity index (χ4v) is 3.09. The second-order valence-electron chi connectivity index (χ2n) is 4.58. The number of rotatable bonds is 4. The molecule has 23 heavy (non-hydrogen) atoms. The van der Waals surface area contributed by atoms with Crippen molar-refractivity contribution in [2.24, 2.45) is 5.73 Å². The van der Waals surface area contributed by atoms with E-state index in [4.69, 9.17) is 5.73 Å². The molecule has 2 amide bonds. The fraction of sp³-hybridized carbons (Fsp3) is 0.133. The molecule has 120 valence electrons. The third-order valence-electron chi connectivity index (χ3n) is 3.10. The number of methoxy groups -OCH3 is 1. The Morgan fingerprint density at radius 2 is 1.83 bits per heavy atom. The summed E-state index contributed by atoms with van der Waals surface area (Å²) >= 11 is 0.892. The summed E-state index contributed by atoms with van der Waals surface area (Å²) in [5.41, 5.74) is 5.90. The number of hydrogen-bond donors (Lipinski definition) is 2. The Labute approximate surface area is 135 Å². The van der Waals surface area contributed by atoms with Crippen molar-refractivity contribution < 1.29 is 23.5 Å². The van der Waals surface area contributed by atoms with E-state index in [0.29, 0.717) is 5.56 Å². The molecule has 0 radical (unpaired) electrons. The molecule has 3 N–H and O–H groups in total. The van der Waals surface area contributed by atoms with Crippen molar-refractivity contribution >= 4 is 34.1 Å². The van der Waals surface area contributed by atoms with Crippen LogP contribution in [-0.2, 0) is 4.74 Å². The fourth-order valence-electron chi connectivity index (χ4n) is 1.96. The monoisotopic (exact) mass is 336 g/mol. The summed E-state index contributed by atoms with van der Waals surface area (Å²) in [5.74, 6) is -2.43. The van der Waals surface area contributed by atoms with Crippen LogP contribution in [0.1, 0.15) is 36.0 Å². The normalized spacial score (nSPS) is 10.2. The number of esters is 1. The second-order valence-corrected chi connectivity index (χ2v) is 5.60. The molecular weight excluding hydrogens is 323 g/mol. The van der Waals surface area contributed by atoms with E-state index in [2.05, 4.69) is 10.1 Å². The number of benzene rings is 1. The number of carbonyl (C=O) groups is 3. The van der Waals surface area contributed by atoms with Gasteiger partial charge in [0.2, 0.25) is 0 Å². The van der Waals surface area contributed by atoms with Crippen LogP contribution in [0.2, 0.25) is 0 Å². The first kappa shape index (κ1) is 16.6. The van der Waals surface area contributed by atoms with Gasteiger partial charge in [0.15, 0.2) is 0 Å². The number of primary amides is 1. The molecule has 0 atom stereocenters. The Morgan fingerprint density at radius 3 is 2.35 bits per heavy atom. The van der Waals surface area contributed by atoms with Crippen molar-refractivity contribution in [1.82, 2.24) is 0 Å². The highest BCUT2D eigenvalue weighted by molar-refractivity contribution is 7.18. The number of hydrogen-bond acceptors (Lipinski definition) is 5. The van der Waals surface area contributed by atoms with E-state index in [9.17, 15) is 18.8 Å². The average Bonchev–Trinajstić information content (AvgIpc) is 2.83. The molecule has 6 nitrogen and oxygen atoms in total. The summed E-state index contributed by atoms with van der Waals surface area (Å²) in [5, 5.41) is 2.66. The number of nitrogens with one attached hydrogen (secondary N) is 1. The molecule has 0 aliphatic rings. The van der Waals surface area contributed by atoms with E-state index >= 15 is 0 Å². The molecule has 1 aromatic heterocycles. The molecule has 0 spiro atoms. The highest BCUT2D eigenvalue weighted by atomic mass is 32.1. The standard InChI is InChI=1S/C15H13FN2O4S/c1-7-10(12(17)19)14(23-11(7)15(21)22-2)18-13(20)8-3-5-9(16)6-4-8/h3-6H,1-2H3,(H2,17,19)(H,18,20). The first-order valence-electron chi connectivity index (χ1n) is 6.43. The van der Waals surface area contributed by atoms with Crippen LogP contribution >= 0.6 is 11.3 Å². The van der Waals surface area contributed by atoms with E-state index in [-0.39, 0.29) is 21.0 Å². The number of nitrogens with two attached hydrogens (primary N) is 1. The zero-order valence-corrected chi connectivity index (χ0v) is 13.1. The van der Waals surface area contributed by atoms with E-state index in [0.717, 1.165) is 23.5 Å². The highest BCUT2D eigenvalue weighted by Crippen LogP contribution is 2.33. The van der Waals surface area contributed by atoms with Crippen molar-refractivity contribution in [2.45, 2.75) is 6.92 Å². The van der Waals surface area contributed by atoms with Gasteiger partial charge in [0, 0.05) is 5.56 Å². The minimum atomic E-state index is -0.775. The highest BCUT2D eigenvalue weighted by Gasteiger charge is 2.25. The van der Waals surface area contributed by atoms with Crippen LogP contribution in [0.15, 0.2) is 24.3 Å². The van der Waals surface area contributed by atoms with Crippen LogP contribution in [0.4, 0.5) is 9.39 Å². The number of ether oxygens (including phenoxy) is 1. The van der Waals surface area contributed by atoms with Crippen LogP contribution in [0.25, 0.3) is 0 Å². The van der Waals surface area contributed by atoms with Gasteiger partial charge in [-0.25, -0.2) is 9.18 Å². The SMILES string of the molecule is COC(=O)c1sc(NC(=O)c2ccc(F)cc2)c(C(N)=O)c1C. The Bertz CT molecular complexity index is 784. The maximum Gasteiger partial charge on any atom is 0.348 e. The minimum Gasteiger partial charge on any atom is -0.465 e. The van der Waals surface area contributed by atoms with Gasteiger partial charge in [-0.1, -0.05) is 0 Å². The number of anilines is 1. The number of thiophene rings is 1. The Balaban J connectivity index is 2.38. The van der Waals surface area contributed by atoms with Gasteiger partial charge in [-0.15, -0.1) is 11.3 Å².